The van der Waals surface area contributed by atoms with Crippen LogP contribution >= 0.6 is 0 Å². The summed E-state index contributed by atoms with van der Waals surface area (Å²) in [6, 6.07) is 8.31. The third kappa shape index (κ3) is 5.01. The van der Waals surface area contributed by atoms with E-state index >= 15 is 0 Å². The molecule has 0 radical (unpaired) electrons. The molecule has 1 aromatic carbocycles. The fourth-order valence-electron chi connectivity index (χ4n) is 3.35. The molecule has 0 fully saturated rings. The number of nitrogens with zero attached hydrogens (tertiary/aromatic N) is 2. The van der Waals surface area contributed by atoms with Gasteiger partial charge in [0.15, 0.2) is 8.32 Å². The highest BCUT2D eigenvalue weighted by molar-refractivity contribution is 7.90. The van der Waals surface area contributed by atoms with Gasteiger partial charge in [0, 0.05) is 11.4 Å². The fraction of sp³-hybridized carbons (Fsp3) is 0.682. The molecule has 0 N–H and O–H groups in total. The lowest BCUT2D eigenvalue weighted by molar-refractivity contribution is 0.223. The van der Waals surface area contributed by atoms with E-state index in [0.29, 0.717) is 13.2 Å². The monoisotopic (exact) mass is 420 g/mol. The van der Waals surface area contributed by atoms with Gasteiger partial charge in [0.1, 0.15) is 4.75 Å². The normalized spacial score (nSPS) is 18.8. The van der Waals surface area contributed by atoms with Crippen LogP contribution in [0.2, 0.25) is 18.1 Å². The first-order valence-corrected chi connectivity index (χ1v) is 14.2. The van der Waals surface area contributed by atoms with Crippen molar-refractivity contribution in [2.24, 2.45) is 0 Å². The smallest absolute Gasteiger partial charge is 0.192 e. The van der Waals surface area contributed by atoms with Crippen LogP contribution < -0.4 is 0 Å². The minimum Gasteiger partial charge on any atom is -0.597 e. The second kappa shape index (κ2) is 8.49. The molecule has 156 valence electrons. The van der Waals surface area contributed by atoms with Crippen LogP contribution in [0.15, 0.2) is 18.2 Å². The molecule has 4 nitrogen and oxygen atoms in total. The molecule has 0 aliphatic heterocycles. The molecule has 6 heteroatoms. The van der Waals surface area contributed by atoms with Gasteiger partial charge in [-0.2, -0.15) is 5.26 Å². The summed E-state index contributed by atoms with van der Waals surface area (Å²) in [6.07, 6.45) is 1.76. The van der Waals surface area contributed by atoms with Crippen LogP contribution in [-0.4, -0.2) is 35.1 Å². The van der Waals surface area contributed by atoms with Gasteiger partial charge >= 0.3 is 0 Å². The highest BCUT2D eigenvalue weighted by atomic mass is 32.2. The molecule has 0 saturated carbocycles. The molecule has 0 spiro atoms. The number of fused-ring (bicyclic) bond motifs is 1. The molecule has 0 unspecified atom stereocenters. The van der Waals surface area contributed by atoms with E-state index in [0.717, 1.165) is 29.5 Å². The highest BCUT2D eigenvalue weighted by Gasteiger charge is 2.42. The number of rotatable bonds is 6. The van der Waals surface area contributed by atoms with Crippen LogP contribution in [0.3, 0.4) is 0 Å². The Morgan fingerprint density at radius 3 is 2.43 bits per heavy atom. The summed E-state index contributed by atoms with van der Waals surface area (Å²) in [5, 5.41) is 9.59. The van der Waals surface area contributed by atoms with Gasteiger partial charge in [-0.25, -0.2) is 0 Å². The van der Waals surface area contributed by atoms with E-state index in [-0.39, 0.29) is 15.8 Å². The van der Waals surface area contributed by atoms with Crippen LogP contribution in [0.5, 0.6) is 0 Å². The Morgan fingerprint density at radius 1 is 1.25 bits per heavy atom. The minimum atomic E-state index is -1.85. The molecule has 0 amide bonds. The Bertz CT molecular complexity index is 732. The number of benzene rings is 1. The summed E-state index contributed by atoms with van der Waals surface area (Å²) < 4.78 is 21.6. The van der Waals surface area contributed by atoms with Gasteiger partial charge in [0.2, 0.25) is 0 Å². The maximum absolute atomic E-state index is 13.4. The Labute approximate surface area is 175 Å². The molecule has 1 aliphatic rings. The Hall–Kier alpha value is -0.843. The van der Waals surface area contributed by atoms with E-state index in [9.17, 15) is 9.81 Å². The van der Waals surface area contributed by atoms with Crippen molar-refractivity contribution in [2.75, 3.05) is 13.2 Å². The molecule has 28 heavy (non-hydrogen) atoms. The maximum Gasteiger partial charge on any atom is 0.192 e. The minimum absolute atomic E-state index is 0.0753. The molecule has 2 rings (SSSR count). The predicted molar refractivity (Wildman–Crippen MR) is 120 cm³/mol. The second-order valence-electron chi connectivity index (χ2n) is 10.2. The Kier molecular flexibility index (Phi) is 7.11. The molecule has 0 saturated heterocycles. The largest absolute Gasteiger partial charge is 0.597 e. The molecule has 0 aromatic heterocycles. The van der Waals surface area contributed by atoms with Gasteiger partial charge in [-0.1, -0.05) is 32.9 Å². The zero-order valence-electron chi connectivity index (χ0n) is 18.8. The van der Waals surface area contributed by atoms with Crippen LogP contribution in [0, 0.1) is 11.3 Å². The highest BCUT2D eigenvalue weighted by Crippen LogP contribution is 2.41. The first-order chi connectivity index (χ1) is 12.8. The van der Waals surface area contributed by atoms with E-state index < -0.39 is 19.7 Å². The standard InChI is InChI=1S/C22H36N2O2SSi/c1-21(2,3)27(25)24(14-15-26-28(7,8)22(4,5)6)20-13-12-18-17(16-23)10-9-11-19(18)20/h9-11,20H,12-15H2,1-8H3/t20-,27-/m0/s1. The van der Waals surface area contributed by atoms with Gasteiger partial charge in [-0.05, 0) is 68.9 Å². The average Bonchev–Trinajstić information content (AvgIpc) is 3.00. The summed E-state index contributed by atoms with van der Waals surface area (Å²) in [5.74, 6) is 0. The van der Waals surface area contributed by atoms with Crippen LogP contribution in [0.25, 0.3) is 0 Å². The van der Waals surface area contributed by atoms with Crippen molar-refractivity contribution in [1.82, 2.24) is 4.31 Å². The summed E-state index contributed by atoms with van der Waals surface area (Å²) in [4.78, 5) is 0. The number of hydrogen-bond acceptors (Lipinski definition) is 4. The van der Waals surface area contributed by atoms with Gasteiger partial charge in [-0.3, -0.25) is 0 Å². The van der Waals surface area contributed by atoms with Crippen molar-refractivity contribution >= 4 is 19.7 Å². The van der Waals surface area contributed by atoms with Gasteiger partial charge < -0.3 is 8.98 Å². The SMILES string of the molecule is CC(C)(C)[S@+]([O-])N(CCO[Si](C)(C)C(C)(C)C)[C@H]1CCc2c(C#N)cccc21. The van der Waals surface area contributed by atoms with Crippen molar-refractivity contribution in [3.8, 4) is 6.07 Å². The Balaban J connectivity index is 2.25. The number of nitriles is 1. The molecule has 1 aromatic rings. The maximum atomic E-state index is 13.4. The van der Waals surface area contributed by atoms with E-state index in [1.165, 1.54) is 0 Å². The van der Waals surface area contributed by atoms with Crippen LogP contribution in [-0.2, 0) is 22.2 Å². The van der Waals surface area contributed by atoms with E-state index in [4.69, 9.17) is 4.43 Å². The van der Waals surface area contributed by atoms with Crippen molar-refractivity contribution in [1.29, 1.82) is 5.26 Å². The molecular weight excluding hydrogens is 384 g/mol. The topological polar surface area (TPSA) is 59.3 Å². The van der Waals surface area contributed by atoms with E-state index in [1.807, 2.05) is 32.9 Å². The van der Waals surface area contributed by atoms with Crippen LogP contribution in [0.4, 0.5) is 0 Å². The van der Waals surface area contributed by atoms with Crippen LogP contribution in [0.1, 0.15) is 70.7 Å². The van der Waals surface area contributed by atoms with Crippen molar-refractivity contribution in [2.45, 2.75) is 83.3 Å². The lowest BCUT2D eigenvalue weighted by atomic mass is 10.0. The molecule has 2 atom stereocenters. The lowest BCUT2D eigenvalue weighted by Gasteiger charge is -2.39. The van der Waals surface area contributed by atoms with E-state index in [1.54, 1.807) is 0 Å². The van der Waals surface area contributed by atoms with Gasteiger partial charge in [-0.15, -0.1) is 4.31 Å². The first kappa shape index (κ1) is 23.4. The van der Waals surface area contributed by atoms with Crippen molar-refractivity contribution in [3.05, 3.63) is 34.9 Å². The summed E-state index contributed by atoms with van der Waals surface area (Å²) >= 11 is -1.14. The van der Waals surface area contributed by atoms with Gasteiger partial charge in [0.05, 0.1) is 30.8 Å². The second-order valence-corrected chi connectivity index (χ2v) is 17.2. The molecule has 0 heterocycles. The molecule has 1 aliphatic carbocycles. The summed E-state index contributed by atoms with van der Waals surface area (Å²) in [5.41, 5.74) is 3.03. The summed E-state index contributed by atoms with van der Waals surface area (Å²) in [7, 11) is -1.85. The third-order valence-electron chi connectivity index (χ3n) is 6.02. The van der Waals surface area contributed by atoms with Gasteiger partial charge in [0.25, 0.3) is 0 Å². The fourth-order valence-corrected chi connectivity index (χ4v) is 5.78. The van der Waals surface area contributed by atoms with E-state index in [2.05, 4.69) is 50.3 Å². The molecular formula is C22H36N2O2SSi. The molecule has 0 bridgehead atoms. The van der Waals surface area contributed by atoms with Crippen molar-refractivity contribution in [3.63, 3.8) is 0 Å². The number of hydrogen-bond donors (Lipinski definition) is 0. The first-order valence-electron chi connectivity index (χ1n) is 10.1. The average molecular weight is 421 g/mol. The zero-order valence-corrected chi connectivity index (χ0v) is 20.6. The quantitative estimate of drug-likeness (QED) is 0.461. The predicted octanol–water partition coefficient (Wildman–Crippen LogP) is 5.33. The third-order valence-corrected chi connectivity index (χ3v) is 12.5. The Morgan fingerprint density at radius 2 is 1.89 bits per heavy atom. The zero-order chi connectivity index (χ0) is 21.3. The van der Waals surface area contributed by atoms with Crippen molar-refractivity contribution < 1.29 is 8.98 Å². The lowest BCUT2D eigenvalue weighted by Crippen LogP contribution is -2.48. The summed E-state index contributed by atoms with van der Waals surface area (Å²) in [6.45, 7) is 18.5.